The molecule has 0 bridgehead atoms. The third-order valence-electron chi connectivity index (χ3n) is 4.26. The van der Waals surface area contributed by atoms with Crippen LogP contribution in [0.25, 0.3) is 10.9 Å². The number of hydrogen-bond donors (Lipinski definition) is 3. The standard InChI is InChI=1S/C20H19F2N5/c1-24-20(27-12-15-8-13(10-23)2-4-18(15)22)25-7-6-14-11-26-19-5-3-16(21)9-17(14)19/h2-5,8-9,11,26H,6-7,12H2,1H3,(H2,24,25,27). The van der Waals surface area contributed by atoms with Gasteiger partial charge in [0.25, 0.3) is 0 Å². The number of aromatic nitrogens is 1. The van der Waals surface area contributed by atoms with Gasteiger partial charge in [-0.2, -0.15) is 5.26 Å². The van der Waals surface area contributed by atoms with Gasteiger partial charge in [0.1, 0.15) is 11.6 Å². The zero-order chi connectivity index (χ0) is 19.2. The molecule has 27 heavy (non-hydrogen) atoms. The number of nitrogens with zero attached hydrogens (tertiary/aromatic N) is 2. The largest absolute Gasteiger partial charge is 0.361 e. The van der Waals surface area contributed by atoms with Crippen LogP contribution in [0.4, 0.5) is 8.78 Å². The van der Waals surface area contributed by atoms with Crippen molar-refractivity contribution in [1.82, 2.24) is 15.6 Å². The molecule has 0 aliphatic rings. The van der Waals surface area contributed by atoms with Crippen LogP contribution in [-0.2, 0) is 13.0 Å². The van der Waals surface area contributed by atoms with Gasteiger partial charge in [0.05, 0.1) is 11.6 Å². The molecule has 7 heteroatoms. The first-order chi connectivity index (χ1) is 13.1. The maximum Gasteiger partial charge on any atom is 0.191 e. The van der Waals surface area contributed by atoms with Gasteiger partial charge >= 0.3 is 0 Å². The summed E-state index contributed by atoms with van der Waals surface area (Å²) in [5.74, 6) is -0.129. The van der Waals surface area contributed by atoms with Crippen LogP contribution in [0.2, 0.25) is 0 Å². The van der Waals surface area contributed by atoms with Gasteiger partial charge < -0.3 is 15.6 Å². The second-order valence-electron chi connectivity index (χ2n) is 6.02. The summed E-state index contributed by atoms with van der Waals surface area (Å²) in [5.41, 5.74) is 2.69. The van der Waals surface area contributed by atoms with Crippen LogP contribution in [0.1, 0.15) is 16.7 Å². The summed E-state index contributed by atoms with van der Waals surface area (Å²) in [5, 5.41) is 16.0. The van der Waals surface area contributed by atoms with Crippen LogP contribution < -0.4 is 10.6 Å². The molecule has 0 saturated heterocycles. The molecule has 0 spiro atoms. The highest BCUT2D eigenvalue weighted by Gasteiger charge is 2.07. The highest BCUT2D eigenvalue weighted by molar-refractivity contribution is 5.83. The van der Waals surface area contributed by atoms with Gasteiger partial charge in [0.2, 0.25) is 0 Å². The van der Waals surface area contributed by atoms with E-state index in [1.54, 1.807) is 13.1 Å². The molecule has 3 rings (SSSR count). The van der Waals surface area contributed by atoms with Crippen molar-refractivity contribution in [2.24, 2.45) is 4.99 Å². The molecule has 0 fully saturated rings. The second kappa shape index (κ2) is 8.32. The average molecular weight is 367 g/mol. The van der Waals surface area contributed by atoms with Gasteiger partial charge in [-0.15, -0.1) is 0 Å². The number of guanidine groups is 1. The van der Waals surface area contributed by atoms with E-state index in [-0.39, 0.29) is 18.2 Å². The molecule has 0 aliphatic carbocycles. The fourth-order valence-corrected chi connectivity index (χ4v) is 2.85. The lowest BCUT2D eigenvalue weighted by molar-refractivity contribution is 0.604. The normalized spacial score (nSPS) is 11.4. The topological polar surface area (TPSA) is 76.0 Å². The molecule has 138 valence electrons. The minimum Gasteiger partial charge on any atom is -0.361 e. The van der Waals surface area contributed by atoms with E-state index in [2.05, 4.69) is 20.6 Å². The number of nitriles is 1. The van der Waals surface area contributed by atoms with Crippen molar-refractivity contribution >= 4 is 16.9 Å². The van der Waals surface area contributed by atoms with Crippen molar-refractivity contribution in [3.63, 3.8) is 0 Å². The fourth-order valence-electron chi connectivity index (χ4n) is 2.85. The molecular weight excluding hydrogens is 348 g/mol. The number of halogens is 2. The monoisotopic (exact) mass is 367 g/mol. The minimum atomic E-state index is -0.377. The lowest BCUT2D eigenvalue weighted by Crippen LogP contribution is -2.38. The molecule has 0 saturated carbocycles. The average Bonchev–Trinajstić information content (AvgIpc) is 3.07. The van der Waals surface area contributed by atoms with Gasteiger partial charge in [-0.1, -0.05) is 0 Å². The number of H-pyrrole nitrogens is 1. The van der Waals surface area contributed by atoms with E-state index in [9.17, 15) is 8.78 Å². The predicted molar refractivity (Wildman–Crippen MR) is 101 cm³/mol. The van der Waals surface area contributed by atoms with Crippen molar-refractivity contribution in [2.75, 3.05) is 13.6 Å². The summed E-state index contributed by atoms with van der Waals surface area (Å²) in [6.45, 7) is 0.781. The summed E-state index contributed by atoms with van der Waals surface area (Å²) < 4.78 is 27.3. The minimum absolute atomic E-state index is 0.208. The van der Waals surface area contributed by atoms with Gasteiger partial charge in [0.15, 0.2) is 5.96 Å². The predicted octanol–water partition coefficient (Wildman–Crippen LogP) is 3.23. The molecule has 1 heterocycles. The molecule has 2 aromatic carbocycles. The molecule has 5 nitrogen and oxygen atoms in total. The van der Waals surface area contributed by atoms with Crippen molar-refractivity contribution in [2.45, 2.75) is 13.0 Å². The smallest absolute Gasteiger partial charge is 0.191 e. The first kappa shape index (κ1) is 18.4. The van der Waals surface area contributed by atoms with Crippen LogP contribution in [-0.4, -0.2) is 24.5 Å². The van der Waals surface area contributed by atoms with Crippen LogP contribution in [0, 0.1) is 23.0 Å². The Morgan fingerprint density at radius 2 is 2.00 bits per heavy atom. The van der Waals surface area contributed by atoms with Crippen LogP contribution in [0.15, 0.2) is 47.6 Å². The molecule has 0 atom stereocenters. The molecule has 0 radical (unpaired) electrons. The number of aliphatic imine (C=N–C) groups is 1. The van der Waals surface area contributed by atoms with Gasteiger partial charge in [-0.3, -0.25) is 4.99 Å². The Labute approximate surface area is 155 Å². The maximum absolute atomic E-state index is 13.8. The number of nitrogens with one attached hydrogen (secondary N) is 3. The van der Waals surface area contributed by atoms with E-state index in [0.29, 0.717) is 30.1 Å². The van der Waals surface area contributed by atoms with Crippen molar-refractivity contribution in [3.05, 3.63) is 70.9 Å². The Balaban J connectivity index is 1.56. The quantitative estimate of drug-likeness (QED) is 0.479. The Morgan fingerprint density at radius 1 is 1.15 bits per heavy atom. The summed E-state index contributed by atoms with van der Waals surface area (Å²) in [7, 11) is 1.62. The molecule has 1 aromatic heterocycles. The number of aromatic amines is 1. The van der Waals surface area contributed by atoms with E-state index in [1.807, 2.05) is 12.3 Å². The summed E-state index contributed by atoms with van der Waals surface area (Å²) in [4.78, 5) is 7.23. The number of benzene rings is 2. The van der Waals surface area contributed by atoms with E-state index >= 15 is 0 Å². The molecule has 3 N–H and O–H groups in total. The number of fused-ring (bicyclic) bond motifs is 1. The fraction of sp³-hybridized carbons (Fsp3) is 0.200. The van der Waals surface area contributed by atoms with E-state index in [0.717, 1.165) is 16.5 Å². The lowest BCUT2D eigenvalue weighted by Gasteiger charge is -2.12. The van der Waals surface area contributed by atoms with Gasteiger partial charge in [-0.25, -0.2) is 8.78 Å². The molecule has 0 amide bonds. The number of hydrogen-bond acceptors (Lipinski definition) is 2. The Hall–Kier alpha value is -3.40. The highest BCUT2D eigenvalue weighted by atomic mass is 19.1. The third-order valence-corrected chi connectivity index (χ3v) is 4.26. The summed E-state index contributed by atoms with van der Waals surface area (Å²) in [6.07, 6.45) is 2.53. The maximum atomic E-state index is 13.8. The zero-order valence-electron chi connectivity index (χ0n) is 14.8. The van der Waals surface area contributed by atoms with Crippen LogP contribution in [0.5, 0.6) is 0 Å². The van der Waals surface area contributed by atoms with Crippen molar-refractivity contribution in [3.8, 4) is 6.07 Å². The highest BCUT2D eigenvalue weighted by Crippen LogP contribution is 2.19. The second-order valence-corrected chi connectivity index (χ2v) is 6.02. The Kier molecular flexibility index (Phi) is 5.67. The number of rotatable bonds is 5. The molecular formula is C20H19F2N5. The lowest BCUT2D eigenvalue weighted by atomic mass is 10.1. The third kappa shape index (κ3) is 4.42. The van der Waals surface area contributed by atoms with Crippen LogP contribution in [0.3, 0.4) is 0 Å². The molecule has 3 aromatic rings. The van der Waals surface area contributed by atoms with Gasteiger partial charge in [0, 0.05) is 42.8 Å². The Bertz CT molecular complexity index is 1020. The summed E-state index contributed by atoms with van der Waals surface area (Å²) >= 11 is 0. The van der Waals surface area contributed by atoms with E-state index in [1.165, 1.54) is 30.3 Å². The van der Waals surface area contributed by atoms with E-state index < -0.39 is 0 Å². The van der Waals surface area contributed by atoms with E-state index in [4.69, 9.17) is 5.26 Å². The SMILES string of the molecule is CN=C(NCCc1c[nH]c2ccc(F)cc12)NCc1cc(C#N)ccc1F. The molecule has 0 aliphatic heterocycles. The summed E-state index contributed by atoms with van der Waals surface area (Å²) in [6, 6.07) is 10.9. The first-order valence-corrected chi connectivity index (χ1v) is 8.49. The van der Waals surface area contributed by atoms with Gasteiger partial charge in [-0.05, 0) is 48.4 Å². The van der Waals surface area contributed by atoms with Crippen molar-refractivity contribution in [1.29, 1.82) is 5.26 Å². The first-order valence-electron chi connectivity index (χ1n) is 8.49. The van der Waals surface area contributed by atoms with Crippen molar-refractivity contribution < 1.29 is 8.78 Å². The van der Waals surface area contributed by atoms with Crippen LogP contribution >= 0.6 is 0 Å². The zero-order valence-corrected chi connectivity index (χ0v) is 14.8. The molecule has 0 unspecified atom stereocenters. The Morgan fingerprint density at radius 3 is 2.78 bits per heavy atom.